The monoisotopic (exact) mass is 188 g/mol. The summed E-state index contributed by atoms with van der Waals surface area (Å²) < 4.78 is 0. The molecule has 13 heavy (non-hydrogen) atoms. The molecule has 0 saturated carbocycles. The van der Waals surface area contributed by atoms with Gasteiger partial charge in [-0.3, -0.25) is 0 Å². The van der Waals surface area contributed by atoms with Crippen LogP contribution in [0.1, 0.15) is 39.5 Å². The van der Waals surface area contributed by atoms with E-state index < -0.39 is 0 Å². The lowest BCUT2D eigenvalue weighted by Gasteiger charge is -2.22. The normalized spacial score (nSPS) is 18.2. The number of hydrogen-bond donors (Lipinski definition) is 3. The average molecular weight is 188 g/mol. The lowest BCUT2D eigenvalue weighted by atomic mass is 9.93. The summed E-state index contributed by atoms with van der Waals surface area (Å²) in [5.74, 6) is 0.428. The zero-order valence-electron chi connectivity index (χ0n) is 8.87. The van der Waals surface area contributed by atoms with Crippen molar-refractivity contribution in [1.29, 1.82) is 0 Å². The highest BCUT2D eigenvalue weighted by Gasteiger charge is 2.17. The smallest absolute Gasteiger partial charge is 0.0694 e. The number of hydrogen-bond acceptors (Lipinski definition) is 3. The highest BCUT2D eigenvalue weighted by atomic mass is 16.3. The second-order valence-electron chi connectivity index (χ2n) is 3.77. The Hall–Kier alpha value is -0.120. The minimum atomic E-state index is -0.384. The number of aliphatic hydroxyl groups excluding tert-OH is 1. The van der Waals surface area contributed by atoms with Crippen LogP contribution in [0.4, 0.5) is 0 Å². The molecule has 0 spiro atoms. The van der Waals surface area contributed by atoms with Gasteiger partial charge in [-0.2, -0.15) is 0 Å². The fourth-order valence-corrected chi connectivity index (χ4v) is 1.53. The predicted octanol–water partition coefficient (Wildman–Crippen LogP) is 0.850. The minimum absolute atomic E-state index is 0.0918. The molecule has 0 rings (SSSR count). The van der Waals surface area contributed by atoms with Crippen LogP contribution in [0.5, 0.6) is 0 Å². The summed E-state index contributed by atoms with van der Waals surface area (Å²) in [5, 5.41) is 9.67. The van der Waals surface area contributed by atoms with E-state index in [2.05, 4.69) is 6.92 Å². The fraction of sp³-hybridized carbons (Fsp3) is 1.00. The lowest BCUT2D eigenvalue weighted by molar-refractivity contribution is 0.112. The maximum absolute atomic E-state index is 9.67. The van der Waals surface area contributed by atoms with Gasteiger partial charge >= 0.3 is 0 Å². The molecule has 80 valence electrons. The molecule has 3 nitrogen and oxygen atoms in total. The quantitative estimate of drug-likeness (QED) is 0.554. The van der Waals surface area contributed by atoms with E-state index in [0.717, 1.165) is 25.7 Å². The van der Waals surface area contributed by atoms with Gasteiger partial charge in [0.05, 0.1) is 6.10 Å². The van der Waals surface area contributed by atoms with Gasteiger partial charge < -0.3 is 16.6 Å². The first-order chi connectivity index (χ1) is 6.15. The number of rotatable bonds is 7. The van der Waals surface area contributed by atoms with Crippen molar-refractivity contribution < 1.29 is 5.11 Å². The highest BCUT2D eigenvalue weighted by Crippen LogP contribution is 2.14. The first kappa shape index (κ1) is 12.9. The average Bonchev–Trinajstić information content (AvgIpc) is 2.15. The van der Waals surface area contributed by atoms with Crippen LogP contribution in [0, 0.1) is 5.92 Å². The Morgan fingerprint density at radius 2 is 1.92 bits per heavy atom. The van der Waals surface area contributed by atoms with Gasteiger partial charge in [0.15, 0.2) is 0 Å². The minimum Gasteiger partial charge on any atom is -0.392 e. The Labute approximate surface area is 81.5 Å². The molecule has 0 aliphatic heterocycles. The Bertz CT molecular complexity index is 119. The van der Waals surface area contributed by atoms with Gasteiger partial charge in [-0.15, -0.1) is 0 Å². The SMILES string of the molecule is CCC[C@@H](CN)CC(O)[C@@H](N)CC. The third-order valence-electron chi connectivity index (χ3n) is 2.57. The summed E-state index contributed by atoms with van der Waals surface area (Å²) in [6.07, 6.45) is 3.40. The molecule has 0 aromatic rings. The standard InChI is InChI=1S/C10H24N2O/c1-3-5-8(7-11)6-10(13)9(12)4-2/h8-10,13H,3-7,11-12H2,1-2H3/t8-,9+,10?/m1/s1. The van der Waals surface area contributed by atoms with Gasteiger partial charge in [-0.05, 0) is 31.7 Å². The fourth-order valence-electron chi connectivity index (χ4n) is 1.53. The zero-order valence-corrected chi connectivity index (χ0v) is 8.87. The molecule has 0 aliphatic carbocycles. The van der Waals surface area contributed by atoms with E-state index in [9.17, 15) is 5.11 Å². The molecule has 3 heteroatoms. The molecule has 0 aliphatic rings. The largest absolute Gasteiger partial charge is 0.392 e. The third kappa shape index (κ3) is 5.24. The van der Waals surface area contributed by atoms with E-state index in [1.807, 2.05) is 6.92 Å². The van der Waals surface area contributed by atoms with Crippen LogP contribution in [0.3, 0.4) is 0 Å². The van der Waals surface area contributed by atoms with Crippen LogP contribution < -0.4 is 11.5 Å². The van der Waals surface area contributed by atoms with Gasteiger partial charge in [-0.1, -0.05) is 20.3 Å². The van der Waals surface area contributed by atoms with Crippen molar-refractivity contribution in [3.63, 3.8) is 0 Å². The van der Waals surface area contributed by atoms with Crippen LogP contribution in [0.2, 0.25) is 0 Å². The van der Waals surface area contributed by atoms with Crippen molar-refractivity contribution >= 4 is 0 Å². The molecular weight excluding hydrogens is 164 g/mol. The van der Waals surface area contributed by atoms with Gasteiger partial charge in [0.25, 0.3) is 0 Å². The summed E-state index contributed by atoms with van der Waals surface area (Å²) in [4.78, 5) is 0. The van der Waals surface area contributed by atoms with Crippen molar-refractivity contribution in [3.8, 4) is 0 Å². The molecular formula is C10H24N2O. The summed E-state index contributed by atoms with van der Waals surface area (Å²) in [6, 6.07) is -0.0918. The van der Waals surface area contributed by atoms with Crippen LogP contribution in [-0.4, -0.2) is 23.8 Å². The second kappa shape index (κ2) is 7.30. The van der Waals surface area contributed by atoms with E-state index in [1.54, 1.807) is 0 Å². The molecule has 1 unspecified atom stereocenters. The van der Waals surface area contributed by atoms with Gasteiger partial charge in [0.2, 0.25) is 0 Å². The Morgan fingerprint density at radius 1 is 1.31 bits per heavy atom. The maximum Gasteiger partial charge on any atom is 0.0694 e. The van der Waals surface area contributed by atoms with E-state index in [0.29, 0.717) is 12.5 Å². The van der Waals surface area contributed by atoms with Crippen LogP contribution in [0.15, 0.2) is 0 Å². The third-order valence-corrected chi connectivity index (χ3v) is 2.57. The molecule has 0 fully saturated rings. The zero-order chi connectivity index (χ0) is 10.3. The molecule has 0 aromatic carbocycles. The Balaban J connectivity index is 3.78. The first-order valence-electron chi connectivity index (χ1n) is 5.29. The van der Waals surface area contributed by atoms with E-state index in [1.165, 1.54) is 0 Å². The summed E-state index contributed by atoms with van der Waals surface area (Å²) in [6.45, 7) is 4.78. The van der Waals surface area contributed by atoms with Crippen LogP contribution in [-0.2, 0) is 0 Å². The van der Waals surface area contributed by atoms with E-state index in [-0.39, 0.29) is 12.1 Å². The van der Waals surface area contributed by atoms with Gasteiger partial charge in [0.1, 0.15) is 0 Å². The van der Waals surface area contributed by atoms with Gasteiger partial charge in [-0.25, -0.2) is 0 Å². The van der Waals surface area contributed by atoms with Gasteiger partial charge in [0, 0.05) is 6.04 Å². The molecule has 5 N–H and O–H groups in total. The topological polar surface area (TPSA) is 72.3 Å². The van der Waals surface area contributed by atoms with Crippen molar-refractivity contribution in [2.75, 3.05) is 6.54 Å². The van der Waals surface area contributed by atoms with Crippen molar-refractivity contribution in [2.24, 2.45) is 17.4 Å². The van der Waals surface area contributed by atoms with Crippen molar-refractivity contribution in [3.05, 3.63) is 0 Å². The second-order valence-corrected chi connectivity index (χ2v) is 3.77. The summed E-state index contributed by atoms with van der Waals surface area (Å²) in [7, 11) is 0. The number of nitrogens with two attached hydrogens (primary N) is 2. The molecule has 0 bridgehead atoms. The highest BCUT2D eigenvalue weighted by molar-refractivity contribution is 4.74. The predicted molar refractivity (Wildman–Crippen MR) is 56.3 cm³/mol. The van der Waals surface area contributed by atoms with E-state index >= 15 is 0 Å². The maximum atomic E-state index is 9.67. The molecule has 0 amide bonds. The van der Waals surface area contributed by atoms with Crippen molar-refractivity contribution in [1.82, 2.24) is 0 Å². The van der Waals surface area contributed by atoms with Crippen LogP contribution >= 0.6 is 0 Å². The molecule has 3 atom stereocenters. The van der Waals surface area contributed by atoms with Crippen LogP contribution in [0.25, 0.3) is 0 Å². The number of aliphatic hydroxyl groups is 1. The Kier molecular flexibility index (Phi) is 7.23. The molecule has 0 radical (unpaired) electrons. The Morgan fingerprint density at radius 3 is 2.31 bits per heavy atom. The van der Waals surface area contributed by atoms with Crippen molar-refractivity contribution in [2.45, 2.75) is 51.7 Å². The molecule has 0 heterocycles. The van der Waals surface area contributed by atoms with E-state index in [4.69, 9.17) is 11.5 Å². The summed E-state index contributed by atoms with van der Waals surface area (Å²) >= 11 is 0. The molecule has 0 aromatic heterocycles. The first-order valence-corrected chi connectivity index (χ1v) is 5.29. The lowest BCUT2D eigenvalue weighted by Crippen LogP contribution is -2.36. The molecule has 0 saturated heterocycles. The summed E-state index contributed by atoms with van der Waals surface area (Å²) in [5.41, 5.74) is 11.3.